The molecule has 11 heteroatoms. The van der Waals surface area contributed by atoms with Gasteiger partial charge in [0, 0.05) is 4.88 Å². The first-order valence-corrected chi connectivity index (χ1v) is 10.6. The second kappa shape index (κ2) is 8.00. The number of carbonyl (C=O) groups is 1. The molecule has 0 saturated carbocycles. The SMILES string of the molecule is Cc1ccccc1S(=O)(=O)Nc1cc(-c2ccc(C(F)(F)F)cc2)sc1OC(=O)O. The summed E-state index contributed by atoms with van der Waals surface area (Å²) in [6.45, 7) is 1.60. The fraction of sp³-hybridized carbons (Fsp3) is 0.105. The maximum atomic E-state index is 12.8. The molecule has 0 aliphatic rings. The average molecular weight is 457 g/mol. The number of benzene rings is 2. The number of rotatable bonds is 5. The lowest BCUT2D eigenvalue weighted by Gasteiger charge is -2.10. The van der Waals surface area contributed by atoms with Crippen LogP contribution < -0.4 is 9.46 Å². The van der Waals surface area contributed by atoms with E-state index in [1.165, 1.54) is 30.3 Å². The van der Waals surface area contributed by atoms with E-state index in [0.717, 1.165) is 23.5 Å². The first-order valence-electron chi connectivity index (χ1n) is 8.28. The van der Waals surface area contributed by atoms with Gasteiger partial charge >= 0.3 is 12.3 Å². The molecule has 0 unspecified atom stereocenters. The predicted molar refractivity (Wildman–Crippen MR) is 105 cm³/mol. The van der Waals surface area contributed by atoms with Crippen molar-refractivity contribution in [1.82, 2.24) is 0 Å². The van der Waals surface area contributed by atoms with Crippen molar-refractivity contribution in [2.45, 2.75) is 18.0 Å². The first kappa shape index (κ1) is 21.7. The zero-order valence-corrected chi connectivity index (χ0v) is 16.9. The second-order valence-corrected chi connectivity index (χ2v) is 8.79. The number of hydrogen-bond donors (Lipinski definition) is 2. The summed E-state index contributed by atoms with van der Waals surface area (Å²) in [7, 11) is -4.06. The van der Waals surface area contributed by atoms with Gasteiger partial charge in [0.05, 0.1) is 10.5 Å². The Morgan fingerprint density at radius 1 is 1.10 bits per heavy atom. The summed E-state index contributed by atoms with van der Waals surface area (Å²) in [4.78, 5) is 11.3. The van der Waals surface area contributed by atoms with E-state index >= 15 is 0 Å². The molecule has 2 aromatic carbocycles. The third kappa shape index (κ3) is 4.74. The molecule has 0 aliphatic heterocycles. The zero-order chi connectivity index (χ0) is 22.1. The van der Waals surface area contributed by atoms with E-state index in [0.29, 0.717) is 16.0 Å². The lowest BCUT2D eigenvalue weighted by atomic mass is 10.1. The number of thiophene rings is 1. The van der Waals surface area contributed by atoms with Gasteiger partial charge in [0.25, 0.3) is 10.0 Å². The van der Waals surface area contributed by atoms with Crippen LogP contribution >= 0.6 is 11.3 Å². The van der Waals surface area contributed by atoms with E-state index in [2.05, 4.69) is 9.46 Å². The molecule has 0 bridgehead atoms. The second-order valence-electron chi connectivity index (χ2n) is 6.13. The molecule has 1 aromatic heterocycles. The lowest BCUT2D eigenvalue weighted by Crippen LogP contribution is -2.15. The molecule has 0 spiro atoms. The Labute approximate surface area is 173 Å². The average Bonchev–Trinajstić information content (AvgIpc) is 3.02. The van der Waals surface area contributed by atoms with Crippen LogP contribution in [0.1, 0.15) is 11.1 Å². The van der Waals surface area contributed by atoms with Crippen LogP contribution in [0.5, 0.6) is 5.06 Å². The number of aryl methyl sites for hydroxylation is 1. The molecular weight excluding hydrogens is 443 g/mol. The Bertz CT molecular complexity index is 1190. The highest BCUT2D eigenvalue weighted by molar-refractivity contribution is 7.92. The van der Waals surface area contributed by atoms with Crippen LogP contribution in [0, 0.1) is 6.92 Å². The number of ether oxygens (including phenoxy) is 1. The molecule has 0 atom stereocenters. The van der Waals surface area contributed by atoms with Gasteiger partial charge in [-0.1, -0.05) is 41.7 Å². The number of halogens is 3. The Hall–Kier alpha value is -3.05. The minimum atomic E-state index is -4.50. The summed E-state index contributed by atoms with van der Waals surface area (Å²) in [5.41, 5.74) is -0.167. The number of anilines is 1. The van der Waals surface area contributed by atoms with E-state index in [1.54, 1.807) is 19.1 Å². The van der Waals surface area contributed by atoms with Crippen molar-refractivity contribution in [3.05, 3.63) is 65.7 Å². The minimum absolute atomic E-state index is 0.00597. The topological polar surface area (TPSA) is 92.7 Å². The molecule has 2 N–H and O–H groups in total. The molecule has 0 saturated heterocycles. The molecule has 3 aromatic rings. The van der Waals surface area contributed by atoms with Gasteiger partial charge in [-0.15, -0.1) is 0 Å². The smallest absolute Gasteiger partial charge is 0.449 e. The maximum absolute atomic E-state index is 12.8. The Balaban J connectivity index is 2.00. The van der Waals surface area contributed by atoms with Crippen LogP contribution in [-0.2, 0) is 16.2 Å². The van der Waals surface area contributed by atoms with Crippen molar-refractivity contribution in [1.29, 1.82) is 0 Å². The van der Waals surface area contributed by atoms with Crippen LogP contribution in [0.15, 0.2) is 59.5 Å². The van der Waals surface area contributed by atoms with Crippen molar-refractivity contribution in [2.75, 3.05) is 4.72 Å². The highest BCUT2D eigenvalue weighted by atomic mass is 32.2. The maximum Gasteiger partial charge on any atom is 0.512 e. The van der Waals surface area contributed by atoms with Gasteiger partial charge in [-0.3, -0.25) is 4.72 Å². The molecule has 0 fully saturated rings. The normalized spacial score (nSPS) is 11.9. The minimum Gasteiger partial charge on any atom is -0.449 e. The summed E-state index contributed by atoms with van der Waals surface area (Å²) in [6, 6.07) is 11.7. The van der Waals surface area contributed by atoms with Crippen molar-refractivity contribution < 1.29 is 36.2 Å². The quantitative estimate of drug-likeness (QED) is 0.487. The fourth-order valence-electron chi connectivity index (χ4n) is 2.62. The van der Waals surface area contributed by atoms with Crippen LogP contribution in [0.3, 0.4) is 0 Å². The van der Waals surface area contributed by atoms with E-state index < -0.39 is 27.9 Å². The molecule has 158 valence electrons. The molecule has 0 radical (unpaired) electrons. The van der Waals surface area contributed by atoms with Gasteiger partial charge in [-0.2, -0.15) is 13.2 Å². The van der Waals surface area contributed by atoms with Gasteiger partial charge in [0.1, 0.15) is 5.69 Å². The molecule has 6 nitrogen and oxygen atoms in total. The fourth-order valence-corrected chi connectivity index (χ4v) is 4.95. The number of carboxylic acid groups (broad SMARTS) is 1. The summed E-state index contributed by atoms with van der Waals surface area (Å²) < 4.78 is 70.7. The van der Waals surface area contributed by atoms with Gasteiger partial charge in [0.2, 0.25) is 5.06 Å². The van der Waals surface area contributed by atoms with Gasteiger partial charge in [-0.05, 0) is 42.3 Å². The lowest BCUT2D eigenvalue weighted by molar-refractivity contribution is -0.137. The van der Waals surface area contributed by atoms with Gasteiger partial charge in [-0.25, -0.2) is 13.2 Å². The third-order valence-electron chi connectivity index (χ3n) is 4.00. The molecule has 30 heavy (non-hydrogen) atoms. The van der Waals surface area contributed by atoms with Gasteiger partial charge < -0.3 is 9.84 Å². The van der Waals surface area contributed by atoms with Crippen molar-refractivity contribution >= 4 is 33.2 Å². The van der Waals surface area contributed by atoms with E-state index in [9.17, 15) is 26.4 Å². The van der Waals surface area contributed by atoms with Gasteiger partial charge in [0.15, 0.2) is 0 Å². The predicted octanol–water partition coefficient (Wildman–Crippen LogP) is 5.60. The van der Waals surface area contributed by atoms with Crippen LogP contribution in [0.2, 0.25) is 0 Å². The largest absolute Gasteiger partial charge is 0.512 e. The van der Waals surface area contributed by atoms with E-state index in [-0.39, 0.29) is 15.6 Å². The van der Waals surface area contributed by atoms with E-state index in [4.69, 9.17) is 5.11 Å². The Morgan fingerprint density at radius 2 is 1.73 bits per heavy atom. The standard InChI is InChI=1S/C19H14F3NO5S2/c1-11-4-2-3-5-16(11)30(26,27)23-14-10-15(29-17(14)28-18(24)25)12-6-8-13(9-7-12)19(20,21)22/h2-10,23H,1H3,(H,24,25). The molecule has 1 heterocycles. The Morgan fingerprint density at radius 3 is 2.30 bits per heavy atom. The number of alkyl halides is 3. The summed E-state index contributed by atoms with van der Waals surface area (Å²) in [5.74, 6) is 0. The number of hydrogen-bond acceptors (Lipinski definition) is 5. The third-order valence-corrected chi connectivity index (χ3v) is 6.59. The van der Waals surface area contributed by atoms with Crippen LogP contribution in [-0.4, -0.2) is 19.7 Å². The van der Waals surface area contributed by atoms with Crippen molar-refractivity contribution in [3.8, 4) is 15.5 Å². The van der Waals surface area contributed by atoms with Crippen LogP contribution in [0.25, 0.3) is 10.4 Å². The van der Waals surface area contributed by atoms with Crippen molar-refractivity contribution in [2.24, 2.45) is 0 Å². The highest BCUT2D eigenvalue weighted by Gasteiger charge is 2.30. The number of sulfonamides is 1. The summed E-state index contributed by atoms with van der Waals surface area (Å²) in [6.07, 6.45) is -6.16. The summed E-state index contributed by atoms with van der Waals surface area (Å²) in [5, 5.41) is 8.68. The number of nitrogens with one attached hydrogen (secondary N) is 1. The highest BCUT2D eigenvalue weighted by Crippen LogP contribution is 2.42. The molecule has 0 aliphatic carbocycles. The molecule has 0 amide bonds. The molecule has 3 rings (SSSR count). The van der Waals surface area contributed by atoms with Crippen LogP contribution in [0.4, 0.5) is 23.7 Å². The summed E-state index contributed by atoms with van der Waals surface area (Å²) >= 11 is 0.783. The Kier molecular flexibility index (Phi) is 5.77. The van der Waals surface area contributed by atoms with Crippen molar-refractivity contribution in [3.63, 3.8) is 0 Å². The molecular formula is C19H14F3NO5S2. The monoisotopic (exact) mass is 457 g/mol. The zero-order valence-electron chi connectivity index (χ0n) is 15.2. The van der Waals surface area contributed by atoms with E-state index in [1.807, 2.05) is 0 Å². The first-order chi connectivity index (χ1) is 14.0.